The van der Waals surface area contributed by atoms with E-state index in [4.69, 9.17) is 28.9 Å². The molecule has 7 nitrogen and oxygen atoms in total. The number of nitrogens with zero attached hydrogens (tertiary/aromatic N) is 1. The third-order valence-electron chi connectivity index (χ3n) is 2.90. The zero-order valence-electron chi connectivity index (χ0n) is 11.4. The molecule has 0 bridgehead atoms. The smallest absolute Gasteiger partial charge is 0.288 e. The van der Waals surface area contributed by atoms with Crippen molar-refractivity contribution >= 4 is 46.4 Å². The quantitative estimate of drug-likeness (QED) is 0.648. The highest BCUT2D eigenvalue weighted by molar-refractivity contribution is 6.34. The van der Waals surface area contributed by atoms with E-state index in [2.05, 4.69) is 5.32 Å². The van der Waals surface area contributed by atoms with Gasteiger partial charge in [-0.3, -0.25) is 19.7 Å². The lowest BCUT2D eigenvalue weighted by Crippen LogP contribution is -2.15. The largest absolute Gasteiger partial charge is 0.366 e. The second-order valence-electron chi connectivity index (χ2n) is 4.44. The van der Waals surface area contributed by atoms with Gasteiger partial charge in [0.15, 0.2) is 0 Å². The monoisotopic (exact) mass is 353 g/mol. The van der Waals surface area contributed by atoms with E-state index in [1.165, 1.54) is 30.3 Å². The molecule has 0 saturated carbocycles. The average molecular weight is 354 g/mol. The van der Waals surface area contributed by atoms with Crippen LogP contribution in [0.1, 0.15) is 20.7 Å². The minimum Gasteiger partial charge on any atom is -0.366 e. The summed E-state index contributed by atoms with van der Waals surface area (Å²) >= 11 is 11.6. The molecule has 3 N–H and O–H groups in total. The van der Waals surface area contributed by atoms with Crippen molar-refractivity contribution in [1.29, 1.82) is 0 Å². The summed E-state index contributed by atoms with van der Waals surface area (Å²) in [6.45, 7) is 0. The second kappa shape index (κ2) is 6.64. The number of nitrogens with two attached hydrogens (primary N) is 1. The van der Waals surface area contributed by atoms with Crippen LogP contribution in [0.5, 0.6) is 0 Å². The van der Waals surface area contributed by atoms with Gasteiger partial charge in [0.1, 0.15) is 5.02 Å². The van der Waals surface area contributed by atoms with E-state index >= 15 is 0 Å². The standard InChI is InChI=1S/C14H9Cl2N3O4/c15-9-3-1-7(13(17)20)5-11(9)18-14(21)8-2-4-10(16)12(6-8)19(22)23/h1-6H,(H2,17,20)(H,18,21). The molecular weight excluding hydrogens is 345 g/mol. The normalized spacial score (nSPS) is 10.2. The van der Waals surface area contributed by atoms with Crippen molar-refractivity contribution in [2.75, 3.05) is 5.32 Å². The predicted molar refractivity (Wildman–Crippen MR) is 86.0 cm³/mol. The number of primary amides is 1. The maximum Gasteiger partial charge on any atom is 0.288 e. The molecule has 23 heavy (non-hydrogen) atoms. The number of rotatable bonds is 4. The first-order valence-electron chi connectivity index (χ1n) is 6.14. The van der Waals surface area contributed by atoms with E-state index in [1.54, 1.807) is 0 Å². The Bertz CT molecular complexity index is 824. The van der Waals surface area contributed by atoms with Gasteiger partial charge in [-0.05, 0) is 30.3 Å². The molecule has 0 saturated heterocycles. The van der Waals surface area contributed by atoms with E-state index in [9.17, 15) is 19.7 Å². The minimum atomic E-state index is -0.695. The fourth-order valence-electron chi connectivity index (χ4n) is 1.76. The molecule has 0 aliphatic heterocycles. The molecule has 2 rings (SSSR count). The van der Waals surface area contributed by atoms with Crippen LogP contribution in [-0.2, 0) is 0 Å². The summed E-state index contributed by atoms with van der Waals surface area (Å²) in [6.07, 6.45) is 0. The van der Waals surface area contributed by atoms with Gasteiger partial charge >= 0.3 is 0 Å². The van der Waals surface area contributed by atoms with Crippen molar-refractivity contribution in [1.82, 2.24) is 0 Å². The Morgan fingerprint density at radius 1 is 1.04 bits per heavy atom. The van der Waals surface area contributed by atoms with Gasteiger partial charge in [0.05, 0.1) is 15.6 Å². The topological polar surface area (TPSA) is 115 Å². The van der Waals surface area contributed by atoms with Gasteiger partial charge in [0.2, 0.25) is 5.91 Å². The SMILES string of the molecule is NC(=O)c1ccc(Cl)c(NC(=O)c2ccc(Cl)c([N+](=O)[O-])c2)c1. The molecule has 2 aromatic rings. The average Bonchev–Trinajstić information content (AvgIpc) is 2.49. The van der Waals surface area contributed by atoms with Gasteiger partial charge in [-0.2, -0.15) is 0 Å². The summed E-state index contributed by atoms with van der Waals surface area (Å²) in [4.78, 5) is 33.5. The van der Waals surface area contributed by atoms with Gasteiger partial charge in [0, 0.05) is 17.2 Å². The molecule has 0 unspecified atom stereocenters. The summed E-state index contributed by atoms with van der Waals surface area (Å²) in [5, 5.41) is 13.4. The van der Waals surface area contributed by atoms with Crippen LogP contribution in [0, 0.1) is 10.1 Å². The van der Waals surface area contributed by atoms with Gasteiger partial charge in [-0.15, -0.1) is 0 Å². The third kappa shape index (κ3) is 3.77. The molecule has 0 aromatic heterocycles. The van der Waals surface area contributed by atoms with E-state index in [0.717, 1.165) is 6.07 Å². The minimum absolute atomic E-state index is 0.0154. The lowest BCUT2D eigenvalue weighted by molar-refractivity contribution is -0.384. The van der Waals surface area contributed by atoms with Gasteiger partial charge in [-0.25, -0.2) is 0 Å². The van der Waals surface area contributed by atoms with Crippen molar-refractivity contribution in [3.63, 3.8) is 0 Å². The fourth-order valence-corrected chi connectivity index (χ4v) is 2.11. The Hall–Kier alpha value is -2.64. The molecule has 0 radical (unpaired) electrons. The number of nitro groups is 1. The summed E-state index contributed by atoms with van der Waals surface area (Å²) in [5.41, 5.74) is 5.10. The van der Waals surface area contributed by atoms with E-state index in [1.807, 2.05) is 0 Å². The first kappa shape index (κ1) is 16.7. The number of carbonyl (C=O) groups is 2. The summed E-state index contributed by atoms with van der Waals surface area (Å²) in [6, 6.07) is 7.75. The number of anilines is 1. The van der Waals surface area contributed by atoms with Crippen LogP contribution < -0.4 is 11.1 Å². The van der Waals surface area contributed by atoms with Crippen LogP contribution in [-0.4, -0.2) is 16.7 Å². The van der Waals surface area contributed by atoms with Crippen molar-refractivity contribution in [3.05, 3.63) is 67.7 Å². The number of hydrogen-bond donors (Lipinski definition) is 2. The van der Waals surface area contributed by atoms with Crippen LogP contribution in [0.25, 0.3) is 0 Å². The van der Waals surface area contributed by atoms with Crippen LogP contribution >= 0.6 is 23.2 Å². The molecule has 0 fully saturated rings. The van der Waals surface area contributed by atoms with Crippen LogP contribution in [0.2, 0.25) is 10.0 Å². The van der Waals surface area contributed by atoms with Crippen LogP contribution in [0.15, 0.2) is 36.4 Å². The van der Waals surface area contributed by atoms with E-state index < -0.39 is 22.4 Å². The zero-order valence-corrected chi connectivity index (χ0v) is 12.9. The molecule has 0 aliphatic rings. The fraction of sp³-hybridized carbons (Fsp3) is 0. The van der Waals surface area contributed by atoms with E-state index in [0.29, 0.717) is 0 Å². The molecular formula is C14H9Cl2N3O4. The first-order chi connectivity index (χ1) is 10.8. The lowest BCUT2D eigenvalue weighted by atomic mass is 10.1. The number of nitro benzene ring substituents is 1. The van der Waals surface area contributed by atoms with Gasteiger partial charge in [-0.1, -0.05) is 23.2 Å². The van der Waals surface area contributed by atoms with Crippen LogP contribution in [0.4, 0.5) is 11.4 Å². The second-order valence-corrected chi connectivity index (χ2v) is 5.25. The maximum atomic E-state index is 12.2. The lowest BCUT2D eigenvalue weighted by Gasteiger charge is -2.09. The summed E-state index contributed by atoms with van der Waals surface area (Å²) < 4.78 is 0. The van der Waals surface area contributed by atoms with Crippen molar-refractivity contribution in [2.45, 2.75) is 0 Å². The molecule has 2 aromatic carbocycles. The van der Waals surface area contributed by atoms with E-state index in [-0.39, 0.29) is 26.9 Å². The Morgan fingerprint density at radius 3 is 2.26 bits per heavy atom. The first-order valence-corrected chi connectivity index (χ1v) is 6.90. The summed E-state index contributed by atoms with van der Waals surface area (Å²) in [7, 11) is 0. The third-order valence-corrected chi connectivity index (χ3v) is 3.55. The molecule has 0 heterocycles. The van der Waals surface area contributed by atoms with Crippen LogP contribution in [0.3, 0.4) is 0 Å². The van der Waals surface area contributed by atoms with Crippen molar-refractivity contribution in [3.8, 4) is 0 Å². The number of hydrogen-bond acceptors (Lipinski definition) is 4. The molecule has 118 valence electrons. The zero-order chi connectivity index (χ0) is 17.1. The number of nitrogens with one attached hydrogen (secondary N) is 1. The predicted octanol–water partition coefficient (Wildman–Crippen LogP) is 3.25. The Morgan fingerprint density at radius 2 is 1.65 bits per heavy atom. The number of benzene rings is 2. The molecule has 0 aliphatic carbocycles. The molecule has 9 heteroatoms. The maximum absolute atomic E-state index is 12.2. The highest BCUT2D eigenvalue weighted by Crippen LogP contribution is 2.27. The Labute approximate surface area is 140 Å². The van der Waals surface area contributed by atoms with Gasteiger partial charge < -0.3 is 11.1 Å². The number of carbonyl (C=O) groups excluding carboxylic acids is 2. The highest BCUT2D eigenvalue weighted by atomic mass is 35.5. The Balaban J connectivity index is 2.33. The Kier molecular flexibility index (Phi) is 4.83. The van der Waals surface area contributed by atoms with Crippen molar-refractivity contribution < 1.29 is 14.5 Å². The summed E-state index contributed by atoms with van der Waals surface area (Å²) in [5.74, 6) is -1.33. The molecule has 2 amide bonds. The molecule has 0 spiro atoms. The highest BCUT2D eigenvalue weighted by Gasteiger charge is 2.17. The van der Waals surface area contributed by atoms with Crippen molar-refractivity contribution in [2.24, 2.45) is 5.73 Å². The number of halogens is 2. The molecule has 0 atom stereocenters. The number of amides is 2. The van der Waals surface area contributed by atoms with Gasteiger partial charge in [0.25, 0.3) is 11.6 Å².